The van der Waals surface area contributed by atoms with Crippen LogP contribution in [0.3, 0.4) is 0 Å². The molecule has 1 heterocycles. The van der Waals surface area contributed by atoms with Gasteiger partial charge in [0.15, 0.2) is 0 Å². The lowest BCUT2D eigenvalue weighted by Crippen LogP contribution is -2.50. The lowest BCUT2D eigenvalue weighted by atomic mass is 10.1. The molecule has 1 fully saturated rings. The monoisotopic (exact) mass is 214 g/mol. The van der Waals surface area contributed by atoms with E-state index >= 15 is 0 Å². The van der Waals surface area contributed by atoms with Gasteiger partial charge in [-0.05, 0) is 5.92 Å². The van der Waals surface area contributed by atoms with E-state index in [0.29, 0.717) is 12.5 Å². The van der Waals surface area contributed by atoms with Gasteiger partial charge in [-0.15, -0.1) is 0 Å². The Hall–Kier alpha value is -0.610. The van der Waals surface area contributed by atoms with Crippen molar-refractivity contribution in [1.82, 2.24) is 10.2 Å². The first-order chi connectivity index (χ1) is 7.17. The van der Waals surface area contributed by atoms with Crippen LogP contribution in [-0.4, -0.2) is 50.2 Å². The minimum atomic E-state index is -0.284. The lowest BCUT2D eigenvalue weighted by Gasteiger charge is -2.33. The predicted octanol–water partition coefficient (Wildman–Crippen LogP) is 0.479. The lowest BCUT2D eigenvalue weighted by molar-refractivity contribution is -0.138. The van der Waals surface area contributed by atoms with Crippen molar-refractivity contribution in [3.63, 3.8) is 0 Å². The highest BCUT2D eigenvalue weighted by molar-refractivity contribution is 5.80. The molecule has 1 aliphatic rings. The number of rotatable bonds is 4. The van der Waals surface area contributed by atoms with E-state index in [9.17, 15) is 4.79 Å². The van der Waals surface area contributed by atoms with Crippen molar-refractivity contribution in [3.8, 4) is 0 Å². The Balaban J connectivity index is 2.38. The van der Waals surface area contributed by atoms with Crippen molar-refractivity contribution >= 4 is 5.91 Å². The minimum absolute atomic E-state index is 0.0103. The van der Waals surface area contributed by atoms with Crippen molar-refractivity contribution in [1.29, 1.82) is 0 Å². The van der Waals surface area contributed by atoms with E-state index in [1.54, 1.807) is 7.05 Å². The normalized spacial score (nSPS) is 24.9. The fourth-order valence-electron chi connectivity index (χ4n) is 1.76. The third kappa shape index (κ3) is 3.80. The van der Waals surface area contributed by atoms with Crippen LogP contribution in [0.2, 0.25) is 0 Å². The van der Waals surface area contributed by atoms with Crippen LogP contribution in [0.5, 0.6) is 0 Å². The maximum Gasteiger partial charge on any atom is 0.250 e. The Kier molecular flexibility index (Phi) is 5.05. The third-order valence-corrected chi connectivity index (χ3v) is 2.96. The van der Waals surface area contributed by atoms with Crippen LogP contribution in [0.25, 0.3) is 0 Å². The number of carbonyl (C=O) groups excluding carboxylic acids is 1. The number of likely N-dealkylation sites (N-methyl/N-ethyl adjacent to an activating group) is 1. The van der Waals surface area contributed by atoms with Crippen LogP contribution in [0.1, 0.15) is 20.3 Å². The van der Waals surface area contributed by atoms with Gasteiger partial charge < -0.3 is 10.1 Å². The van der Waals surface area contributed by atoms with Crippen LogP contribution < -0.4 is 5.32 Å². The summed E-state index contributed by atoms with van der Waals surface area (Å²) in [6.45, 7) is 7.83. The number of carbonyl (C=O) groups is 1. The number of hydrogen-bond donors (Lipinski definition) is 1. The van der Waals surface area contributed by atoms with E-state index in [1.807, 2.05) is 0 Å². The number of ether oxygens (including phenoxy) is 1. The fourth-order valence-corrected chi connectivity index (χ4v) is 1.76. The van der Waals surface area contributed by atoms with E-state index in [4.69, 9.17) is 4.74 Å². The molecule has 15 heavy (non-hydrogen) atoms. The van der Waals surface area contributed by atoms with Crippen LogP contribution in [-0.2, 0) is 9.53 Å². The summed E-state index contributed by atoms with van der Waals surface area (Å²) >= 11 is 0. The van der Waals surface area contributed by atoms with Gasteiger partial charge in [0.05, 0.1) is 6.61 Å². The summed E-state index contributed by atoms with van der Waals surface area (Å²) < 4.78 is 5.42. The zero-order valence-electron chi connectivity index (χ0n) is 9.95. The Morgan fingerprint density at radius 2 is 2.40 bits per heavy atom. The van der Waals surface area contributed by atoms with Gasteiger partial charge in [-0.1, -0.05) is 20.3 Å². The molecule has 0 aromatic rings. The van der Waals surface area contributed by atoms with Crippen molar-refractivity contribution < 1.29 is 9.53 Å². The van der Waals surface area contributed by atoms with E-state index in [0.717, 1.165) is 19.6 Å². The average molecular weight is 214 g/mol. The zero-order chi connectivity index (χ0) is 11.3. The Morgan fingerprint density at radius 3 is 3.00 bits per heavy atom. The second-order valence-corrected chi connectivity index (χ2v) is 4.25. The first kappa shape index (κ1) is 12.5. The smallest absolute Gasteiger partial charge is 0.250 e. The molecule has 0 radical (unpaired) electrons. The van der Waals surface area contributed by atoms with Gasteiger partial charge in [-0.2, -0.15) is 0 Å². The molecule has 0 aromatic carbocycles. The topological polar surface area (TPSA) is 41.6 Å². The number of amides is 1. The molecule has 0 aliphatic carbocycles. The Labute approximate surface area is 92.0 Å². The highest BCUT2D eigenvalue weighted by Gasteiger charge is 2.26. The maximum atomic E-state index is 11.4. The van der Waals surface area contributed by atoms with Gasteiger partial charge in [0.1, 0.15) is 6.10 Å². The molecule has 0 spiro atoms. The molecule has 4 nitrogen and oxygen atoms in total. The molecular weight excluding hydrogens is 192 g/mol. The van der Waals surface area contributed by atoms with Crippen LogP contribution in [0, 0.1) is 5.92 Å². The molecule has 0 aromatic heterocycles. The number of nitrogens with zero attached hydrogens (tertiary/aromatic N) is 1. The summed E-state index contributed by atoms with van der Waals surface area (Å²) in [5.41, 5.74) is 0. The summed E-state index contributed by atoms with van der Waals surface area (Å²) in [5, 5.41) is 2.63. The zero-order valence-corrected chi connectivity index (χ0v) is 9.95. The predicted molar refractivity (Wildman–Crippen MR) is 59.7 cm³/mol. The summed E-state index contributed by atoms with van der Waals surface area (Å²) in [4.78, 5) is 13.7. The first-order valence-corrected chi connectivity index (χ1v) is 5.73. The molecule has 1 aliphatic heterocycles. The van der Waals surface area contributed by atoms with Crippen molar-refractivity contribution in [2.24, 2.45) is 5.92 Å². The van der Waals surface area contributed by atoms with Crippen molar-refractivity contribution in [2.45, 2.75) is 26.4 Å². The molecule has 0 saturated carbocycles. The highest BCUT2D eigenvalue weighted by atomic mass is 16.5. The number of hydrogen-bond acceptors (Lipinski definition) is 3. The first-order valence-electron chi connectivity index (χ1n) is 5.73. The van der Waals surface area contributed by atoms with Gasteiger partial charge in [-0.25, -0.2) is 0 Å². The summed E-state index contributed by atoms with van der Waals surface area (Å²) in [5.74, 6) is 0.678. The SMILES string of the molecule is CC[C@H](C)CN1CCO[C@@H](C(=O)NC)C1. The van der Waals surface area contributed by atoms with Gasteiger partial charge in [0.2, 0.25) is 5.91 Å². The quantitative estimate of drug-likeness (QED) is 0.740. The molecule has 1 saturated heterocycles. The third-order valence-electron chi connectivity index (χ3n) is 2.96. The second-order valence-electron chi connectivity index (χ2n) is 4.25. The Bertz CT molecular complexity index is 209. The molecule has 88 valence electrons. The van der Waals surface area contributed by atoms with Gasteiger partial charge >= 0.3 is 0 Å². The van der Waals surface area contributed by atoms with Crippen LogP contribution in [0.4, 0.5) is 0 Å². The molecular formula is C11H22N2O2. The summed E-state index contributed by atoms with van der Waals surface area (Å²) in [7, 11) is 1.65. The van der Waals surface area contributed by atoms with E-state index < -0.39 is 0 Å². The molecule has 1 amide bonds. The van der Waals surface area contributed by atoms with Crippen LogP contribution >= 0.6 is 0 Å². The fraction of sp³-hybridized carbons (Fsp3) is 0.909. The highest BCUT2D eigenvalue weighted by Crippen LogP contribution is 2.10. The standard InChI is InChI=1S/C11H22N2O2/c1-4-9(2)7-13-5-6-15-10(8-13)11(14)12-3/h9-10H,4-8H2,1-3H3,(H,12,14)/t9-,10+/m0/s1. The number of morpholine rings is 1. The van der Waals surface area contributed by atoms with Gasteiger partial charge in [-0.3, -0.25) is 9.69 Å². The molecule has 2 atom stereocenters. The number of nitrogens with one attached hydrogen (secondary N) is 1. The molecule has 0 bridgehead atoms. The van der Waals surface area contributed by atoms with Gasteiger partial charge in [0.25, 0.3) is 0 Å². The maximum absolute atomic E-state index is 11.4. The summed E-state index contributed by atoms with van der Waals surface area (Å²) in [6, 6.07) is 0. The molecule has 4 heteroatoms. The molecule has 1 rings (SSSR count). The minimum Gasteiger partial charge on any atom is -0.366 e. The molecule has 1 N–H and O–H groups in total. The summed E-state index contributed by atoms with van der Waals surface area (Å²) in [6.07, 6.45) is 0.898. The van der Waals surface area contributed by atoms with Crippen molar-refractivity contribution in [3.05, 3.63) is 0 Å². The average Bonchev–Trinajstić information content (AvgIpc) is 2.28. The van der Waals surface area contributed by atoms with Gasteiger partial charge in [0, 0.05) is 26.7 Å². The van der Waals surface area contributed by atoms with Crippen LogP contribution in [0.15, 0.2) is 0 Å². The van der Waals surface area contributed by atoms with E-state index in [1.165, 1.54) is 6.42 Å². The van der Waals surface area contributed by atoms with E-state index in [2.05, 4.69) is 24.1 Å². The largest absolute Gasteiger partial charge is 0.366 e. The van der Waals surface area contributed by atoms with E-state index in [-0.39, 0.29) is 12.0 Å². The molecule has 0 unspecified atom stereocenters. The second kappa shape index (κ2) is 6.08. The van der Waals surface area contributed by atoms with Crippen molar-refractivity contribution in [2.75, 3.05) is 33.3 Å². The Morgan fingerprint density at radius 1 is 1.67 bits per heavy atom.